The van der Waals surface area contributed by atoms with Crippen molar-refractivity contribution < 1.29 is 27.1 Å². The zero-order valence-electron chi connectivity index (χ0n) is 16.7. The monoisotopic (exact) mass is 436 g/mol. The lowest BCUT2D eigenvalue weighted by molar-refractivity contribution is -0.237. The summed E-state index contributed by atoms with van der Waals surface area (Å²) in [6, 6.07) is 7.03. The number of alkyl halides is 4. The van der Waals surface area contributed by atoms with Gasteiger partial charge in [-0.1, -0.05) is 12.1 Å². The highest BCUT2D eigenvalue weighted by atomic mass is 19.4. The van der Waals surface area contributed by atoms with Gasteiger partial charge in [-0.25, -0.2) is 14.1 Å². The molecule has 6 nitrogen and oxygen atoms in total. The van der Waals surface area contributed by atoms with Gasteiger partial charge < -0.3 is 4.74 Å². The second-order valence-corrected chi connectivity index (χ2v) is 7.49. The van der Waals surface area contributed by atoms with Crippen LogP contribution in [0.2, 0.25) is 0 Å². The maximum absolute atomic E-state index is 13.0. The average molecular weight is 436 g/mol. The smallest absolute Gasteiger partial charge is 0.366 e. The minimum atomic E-state index is -4.40. The van der Waals surface area contributed by atoms with Crippen LogP contribution in [-0.2, 0) is 18.1 Å². The Morgan fingerprint density at radius 3 is 2.77 bits per heavy atom. The molecule has 1 atom stereocenters. The summed E-state index contributed by atoms with van der Waals surface area (Å²) < 4.78 is 57.9. The van der Waals surface area contributed by atoms with Crippen molar-refractivity contribution in [3.63, 3.8) is 0 Å². The Morgan fingerprint density at radius 2 is 2.10 bits per heavy atom. The number of hydrogen-bond acceptors (Lipinski definition) is 5. The van der Waals surface area contributed by atoms with Crippen LogP contribution in [0.25, 0.3) is 22.0 Å². The van der Waals surface area contributed by atoms with Gasteiger partial charge in [-0.3, -0.25) is 9.69 Å². The van der Waals surface area contributed by atoms with Crippen LogP contribution in [0.5, 0.6) is 0 Å². The van der Waals surface area contributed by atoms with E-state index in [2.05, 4.69) is 10.1 Å². The van der Waals surface area contributed by atoms with Gasteiger partial charge in [0.05, 0.1) is 18.3 Å². The van der Waals surface area contributed by atoms with Crippen molar-refractivity contribution in [3.05, 3.63) is 47.9 Å². The number of carbonyl (C=O) groups is 1. The summed E-state index contributed by atoms with van der Waals surface area (Å²) in [4.78, 5) is 18.1. The van der Waals surface area contributed by atoms with Crippen LogP contribution >= 0.6 is 0 Å². The first-order valence-corrected chi connectivity index (χ1v) is 9.68. The van der Waals surface area contributed by atoms with Crippen LogP contribution in [0, 0.1) is 0 Å². The van der Waals surface area contributed by atoms with E-state index in [4.69, 9.17) is 4.74 Å². The Hall–Kier alpha value is -2.85. The zero-order chi connectivity index (χ0) is 22.2. The van der Waals surface area contributed by atoms with E-state index < -0.39 is 19.1 Å². The number of hydrogen-bond donors (Lipinski definition) is 0. The maximum atomic E-state index is 13.0. The number of ether oxygens (including phenoxy) is 1. The Labute approximate surface area is 175 Å². The van der Waals surface area contributed by atoms with Gasteiger partial charge in [0, 0.05) is 43.7 Å². The van der Waals surface area contributed by atoms with Crippen molar-refractivity contribution >= 4 is 16.7 Å². The molecule has 31 heavy (non-hydrogen) atoms. The molecule has 0 N–H and O–H groups in total. The van der Waals surface area contributed by atoms with Gasteiger partial charge in [-0.15, -0.1) is 0 Å². The molecule has 1 aliphatic heterocycles. The van der Waals surface area contributed by atoms with E-state index in [0.717, 1.165) is 15.6 Å². The summed E-state index contributed by atoms with van der Waals surface area (Å²) in [6.07, 6.45) is -3.16. The quantitative estimate of drug-likeness (QED) is 0.447. The first-order chi connectivity index (χ1) is 14.7. The first-order valence-electron chi connectivity index (χ1n) is 9.68. The molecule has 1 saturated heterocycles. The number of pyridine rings is 1. The Balaban J connectivity index is 1.67. The lowest BCUT2D eigenvalue weighted by Gasteiger charge is -2.33. The topological polar surface area (TPSA) is 60.2 Å². The molecule has 3 aromatic rings. The average Bonchev–Trinajstić information content (AvgIpc) is 3.21. The van der Waals surface area contributed by atoms with Crippen molar-refractivity contribution in [3.8, 4) is 11.1 Å². The number of morpholine rings is 1. The summed E-state index contributed by atoms with van der Waals surface area (Å²) in [5.41, 5.74) is 2.88. The van der Waals surface area contributed by atoms with Crippen molar-refractivity contribution in [2.75, 3.05) is 19.7 Å². The van der Waals surface area contributed by atoms with Crippen LogP contribution in [0.4, 0.5) is 17.6 Å². The third-order valence-electron chi connectivity index (χ3n) is 5.22. The number of Topliss-reactive ketones (excluding diaryl/α,β-unsaturated/α-hetero) is 1. The molecule has 0 bridgehead atoms. The molecule has 0 unspecified atom stereocenters. The molecule has 1 fully saturated rings. The van der Waals surface area contributed by atoms with Crippen LogP contribution in [0.1, 0.15) is 23.0 Å². The maximum Gasteiger partial charge on any atom is 0.415 e. The molecular weight excluding hydrogens is 416 g/mol. The molecule has 164 valence electrons. The van der Waals surface area contributed by atoms with Gasteiger partial charge in [0.25, 0.3) is 0 Å². The summed E-state index contributed by atoms with van der Waals surface area (Å²) in [7, 11) is 0. The summed E-state index contributed by atoms with van der Waals surface area (Å²) in [6.45, 7) is 1.08. The molecule has 1 aromatic carbocycles. The van der Waals surface area contributed by atoms with Gasteiger partial charge >= 0.3 is 6.18 Å². The molecule has 3 heterocycles. The largest absolute Gasteiger partial charge is 0.415 e. The third-order valence-corrected chi connectivity index (χ3v) is 5.22. The van der Waals surface area contributed by atoms with Crippen molar-refractivity contribution in [2.45, 2.75) is 32.5 Å². The van der Waals surface area contributed by atoms with Crippen molar-refractivity contribution in [1.29, 1.82) is 0 Å². The molecule has 2 aromatic heterocycles. The van der Waals surface area contributed by atoms with E-state index in [9.17, 15) is 22.4 Å². The Kier molecular flexibility index (Phi) is 5.76. The molecule has 4 rings (SSSR count). The minimum Gasteiger partial charge on any atom is -0.366 e. The molecule has 0 spiro atoms. The van der Waals surface area contributed by atoms with Crippen LogP contribution in [0.15, 0.2) is 36.7 Å². The van der Waals surface area contributed by atoms with E-state index in [1.54, 1.807) is 17.0 Å². The van der Waals surface area contributed by atoms with Crippen molar-refractivity contribution in [1.82, 2.24) is 19.7 Å². The molecule has 0 aliphatic carbocycles. The summed E-state index contributed by atoms with van der Waals surface area (Å²) >= 11 is 0. The van der Waals surface area contributed by atoms with E-state index >= 15 is 0 Å². The molecule has 0 saturated carbocycles. The summed E-state index contributed by atoms with van der Waals surface area (Å²) in [5, 5.41) is 4.68. The highest BCUT2D eigenvalue weighted by molar-refractivity contribution is 6.01. The fourth-order valence-electron chi connectivity index (χ4n) is 3.66. The standard InChI is InChI=1S/C21H20F4N4O2/c1-13(30)18-7-17(15-8-26-29(10-15)12-22)16-3-2-14(6-19(16)27-18)9-28-4-5-31-20(11-28)21(23,24)25/h2-3,6-8,10,20H,4-5,9,11-12H2,1H3/t20-/m0/s1. The van der Waals surface area contributed by atoms with E-state index in [1.807, 2.05) is 12.1 Å². The lowest BCUT2D eigenvalue weighted by atomic mass is 10.0. The number of nitrogens with zero attached hydrogens (tertiary/aromatic N) is 4. The van der Waals surface area contributed by atoms with E-state index in [0.29, 0.717) is 29.7 Å². The molecule has 10 heteroatoms. The molecule has 0 radical (unpaired) electrons. The number of halogens is 4. The lowest BCUT2D eigenvalue weighted by Crippen LogP contribution is -2.48. The first kappa shape index (κ1) is 21.4. The Morgan fingerprint density at radius 1 is 1.29 bits per heavy atom. The zero-order valence-corrected chi connectivity index (χ0v) is 16.7. The van der Waals surface area contributed by atoms with Gasteiger partial charge in [0.1, 0.15) is 5.69 Å². The fraction of sp³-hybridized carbons (Fsp3) is 0.381. The fourth-order valence-corrected chi connectivity index (χ4v) is 3.66. The van der Waals surface area contributed by atoms with Gasteiger partial charge in [0.2, 0.25) is 0 Å². The molecule has 1 aliphatic rings. The van der Waals surface area contributed by atoms with Crippen molar-refractivity contribution in [2.24, 2.45) is 0 Å². The molecular formula is C21H20F4N4O2. The SMILES string of the molecule is CC(=O)c1cc(-c2cnn(CF)c2)c2ccc(CN3CCO[C@H](C(F)(F)F)C3)cc2n1. The number of benzene rings is 1. The van der Waals surface area contributed by atoms with E-state index in [1.165, 1.54) is 19.3 Å². The highest BCUT2D eigenvalue weighted by Crippen LogP contribution is 2.30. The second-order valence-electron chi connectivity index (χ2n) is 7.49. The van der Waals surface area contributed by atoms with Crippen LogP contribution < -0.4 is 0 Å². The van der Waals surface area contributed by atoms with Crippen LogP contribution in [-0.4, -0.2) is 57.4 Å². The predicted molar refractivity (Wildman–Crippen MR) is 105 cm³/mol. The third kappa shape index (κ3) is 4.59. The predicted octanol–water partition coefficient (Wildman–Crippen LogP) is 3.99. The van der Waals surface area contributed by atoms with Crippen LogP contribution in [0.3, 0.4) is 0 Å². The second kappa shape index (κ2) is 8.35. The van der Waals surface area contributed by atoms with E-state index in [-0.39, 0.29) is 24.6 Å². The number of fused-ring (bicyclic) bond motifs is 1. The summed E-state index contributed by atoms with van der Waals surface area (Å²) in [5.74, 6) is -0.229. The van der Waals surface area contributed by atoms with Gasteiger partial charge in [-0.05, 0) is 23.3 Å². The number of ketones is 1. The van der Waals surface area contributed by atoms with Gasteiger partial charge in [0.15, 0.2) is 18.7 Å². The van der Waals surface area contributed by atoms with Gasteiger partial charge in [-0.2, -0.15) is 18.3 Å². The minimum absolute atomic E-state index is 0.00714. The number of carbonyl (C=O) groups excluding carboxylic acids is 1. The number of aromatic nitrogens is 3. The normalized spacial score (nSPS) is 17.9. The number of rotatable bonds is 5. The molecule has 0 amide bonds. The highest BCUT2D eigenvalue weighted by Gasteiger charge is 2.43. The Bertz CT molecular complexity index is 1110.